The second-order valence-electron chi connectivity index (χ2n) is 5.89. The molecule has 0 aliphatic carbocycles. The highest BCUT2D eigenvalue weighted by molar-refractivity contribution is 6.76. The van der Waals surface area contributed by atoms with Crippen LogP contribution in [0.2, 0.25) is 39.3 Å². The fraction of sp³-hybridized carbons (Fsp3) is 0.636. The molecule has 0 bridgehead atoms. The van der Waals surface area contributed by atoms with Crippen molar-refractivity contribution in [2.45, 2.75) is 39.3 Å². The molecule has 0 aliphatic rings. The van der Waals surface area contributed by atoms with Crippen LogP contribution in [-0.2, 0) is 14.0 Å². The summed E-state index contributed by atoms with van der Waals surface area (Å²) in [6, 6.07) is 0. The maximum absolute atomic E-state index is 11.7. The second-order valence-corrected chi connectivity index (χ2v) is 15.2. The minimum atomic E-state index is -1.89. The first-order chi connectivity index (χ1) is 7.47. The lowest BCUT2D eigenvalue weighted by Crippen LogP contribution is -2.52. The van der Waals surface area contributed by atoms with E-state index >= 15 is 0 Å². The van der Waals surface area contributed by atoms with Gasteiger partial charge in [0, 0.05) is 0 Å². The van der Waals surface area contributed by atoms with Crippen LogP contribution >= 0.6 is 0 Å². The fourth-order valence-electron chi connectivity index (χ4n) is 1.26. The molecule has 0 aromatic rings. The molecule has 0 aromatic carbocycles. The average Bonchev–Trinajstić information content (AvgIpc) is 2.08. The highest BCUT2D eigenvalue weighted by Crippen LogP contribution is 2.11. The molecule has 0 spiro atoms. The van der Waals surface area contributed by atoms with Gasteiger partial charge in [-0.25, -0.2) is 0 Å². The Labute approximate surface area is 106 Å². The van der Waals surface area contributed by atoms with Gasteiger partial charge in [0.25, 0.3) is 0 Å². The zero-order valence-corrected chi connectivity index (χ0v) is 13.7. The number of carbonyl (C=O) groups is 2. The molecule has 0 N–H and O–H groups in total. The lowest BCUT2D eigenvalue weighted by atomic mass is 10.5. The average molecular weight is 273 g/mol. The summed E-state index contributed by atoms with van der Waals surface area (Å²) in [6.07, 6.45) is 1.25. The Kier molecular flexibility index (Phi) is 5.34. The van der Waals surface area contributed by atoms with Crippen molar-refractivity contribution in [3.8, 4) is 0 Å². The third kappa shape index (κ3) is 6.42. The molecule has 0 radical (unpaired) electrons. The van der Waals surface area contributed by atoms with E-state index < -0.39 is 16.6 Å². The van der Waals surface area contributed by atoms with Crippen molar-refractivity contribution in [2.24, 2.45) is 0 Å². The Bertz CT molecular complexity index is 316. The first-order valence-electron chi connectivity index (χ1n) is 5.63. The maximum atomic E-state index is 11.7. The van der Waals surface area contributed by atoms with Crippen molar-refractivity contribution in [3.63, 3.8) is 0 Å². The van der Waals surface area contributed by atoms with Gasteiger partial charge in [-0.05, 0) is 25.7 Å². The van der Waals surface area contributed by atoms with Crippen LogP contribution in [0.3, 0.4) is 0 Å². The summed E-state index contributed by atoms with van der Waals surface area (Å²) >= 11 is 0. The molecule has 0 atom stereocenters. The van der Waals surface area contributed by atoms with Gasteiger partial charge in [0.1, 0.15) is 6.54 Å². The molecule has 4 nitrogen and oxygen atoms in total. The minimum absolute atomic E-state index is 0.0326. The van der Waals surface area contributed by atoms with Gasteiger partial charge in [-0.1, -0.05) is 26.2 Å². The van der Waals surface area contributed by atoms with E-state index in [4.69, 9.17) is 4.43 Å². The zero-order valence-electron chi connectivity index (χ0n) is 11.7. The highest BCUT2D eigenvalue weighted by Gasteiger charge is 2.30. The fourth-order valence-corrected chi connectivity index (χ4v) is 3.36. The van der Waals surface area contributed by atoms with E-state index in [1.54, 1.807) is 4.57 Å². The Morgan fingerprint density at radius 1 is 1.18 bits per heavy atom. The van der Waals surface area contributed by atoms with Crippen LogP contribution in [0.4, 0.5) is 0 Å². The van der Waals surface area contributed by atoms with Gasteiger partial charge in [0.2, 0.25) is 14.2 Å². The quantitative estimate of drug-likeness (QED) is 0.570. The SMILES string of the molecule is C=CC(=O)N(CC(=O)O[Si](C)(C)C)[Si](C)(C)C. The number of rotatable bonds is 5. The van der Waals surface area contributed by atoms with Crippen molar-refractivity contribution in [1.82, 2.24) is 4.57 Å². The van der Waals surface area contributed by atoms with Crippen molar-refractivity contribution in [2.75, 3.05) is 6.54 Å². The van der Waals surface area contributed by atoms with Crippen molar-refractivity contribution in [3.05, 3.63) is 12.7 Å². The molecular weight excluding hydrogens is 250 g/mol. The smallest absolute Gasteiger partial charge is 0.311 e. The number of hydrogen-bond donors (Lipinski definition) is 0. The van der Waals surface area contributed by atoms with Gasteiger partial charge in [-0.3, -0.25) is 9.59 Å². The molecule has 0 rings (SSSR count). The van der Waals surface area contributed by atoms with Crippen LogP contribution in [0.15, 0.2) is 12.7 Å². The van der Waals surface area contributed by atoms with Crippen LogP contribution in [-0.4, -0.2) is 39.5 Å². The Balaban J connectivity index is 4.73. The number of carbonyl (C=O) groups excluding carboxylic acids is 2. The lowest BCUT2D eigenvalue weighted by Gasteiger charge is -2.33. The molecule has 6 heteroatoms. The van der Waals surface area contributed by atoms with E-state index in [-0.39, 0.29) is 18.4 Å². The maximum Gasteiger partial charge on any atom is 0.311 e. The normalized spacial score (nSPS) is 11.9. The largest absolute Gasteiger partial charge is 0.519 e. The summed E-state index contributed by atoms with van der Waals surface area (Å²) < 4.78 is 6.95. The highest BCUT2D eigenvalue weighted by atomic mass is 28.4. The number of amides is 1. The molecule has 0 saturated carbocycles. The third-order valence-corrected chi connectivity index (χ3v) is 4.80. The monoisotopic (exact) mass is 273 g/mol. The summed E-state index contributed by atoms with van der Waals surface area (Å²) in [6.45, 7) is 15.4. The Morgan fingerprint density at radius 2 is 1.65 bits per heavy atom. The first-order valence-corrected chi connectivity index (χ1v) is 12.5. The third-order valence-electron chi connectivity index (χ3n) is 1.96. The van der Waals surface area contributed by atoms with Gasteiger partial charge >= 0.3 is 5.97 Å². The van der Waals surface area contributed by atoms with E-state index in [9.17, 15) is 9.59 Å². The minimum Gasteiger partial charge on any atom is -0.519 e. The van der Waals surface area contributed by atoms with Gasteiger partial charge in [-0.2, -0.15) is 0 Å². The van der Waals surface area contributed by atoms with E-state index in [0.717, 1.165) is 0 Å². The molecule has 0 fully saturated rings. The van der Waals surface area contributed by atoms with Crippen molar-refractivity contribution < 1.29 is 14.0 Å². The predicted molar refractivity (Wildman–Crippen MR) is 74.7 cm³/mol. The van der Waals surface area contributed by atoms with Crippen LogP contribution in [0.25, 0.3) is 0 Å². The summed E-state index contributed by atoms with van der Waals surface area (Å²) in [5.41, 5.74) is 0. The van der Waals surface area contributed by atoms with Crippen LogP contribution in [0, 0.1) is 0 Å². The lowest BCUT2D eigenvalue weighted by molar-refractivity contribution is -0.138. The van der Waals surface area contributed by atoms with E-state index in [1.807, 2.05) is 39.3 Å². The topological polar surface area (TPSA) is 46.6 Å². The van der Waals surface area contributed by atoms with E-state index in [1.165, 1.54) is 6.08 Å². The molecular formula is C11H23NO3Si2. The number of nitrogens with zero attached hydrogens (tertiary/aromatic N) is 1. The second kappa shape index (κ2) is 5.64. The van der Waals surface area contributed by atoms with Crippen LogP contribution in [0.1, 0.15) is 0 Å². The Hall–Kier alpha value is -0.886. The van der Waals surface area contributed by atoms with Gasteiger partial charge in [0.05, 0.1) is 0 Å². The molecule has 17 heavy (non-hydrogen) atoms. The van der Waals surface area contributed by atoms with Crippen LogP contribution < -0.4 is 0 Å². The molecule has 0 aliphatic heterocycles. The Morgan fingerprint density at radius 3 is 1.94 bits per heavy atom. The molecule has 98 valence electrons. The zero-order chi connectivity index (χ0) is 13.9. The standard InChI is InChI=1S/C11H23NO3Si2/c1-8-10(13)12(16(2,3)4)9-11(14)15-17(5,6)7/h8H,1,9H2,2-7H3. The molecule has 0 heterocycles. The van der Waals surface area contributed by atoms with Crippen LogP contribution in [0.5, 0.6) is 0 Å². The molecule has 0 aromatic heterocycles. The predicted octanol–water partition coefficient (Wildman–Crippen LogP) is 2.21. The molecule has 0 saturated heterocycles. The van der Waals surface area contributed by atoms with Crippen molar-refractivity contribution in [1.29, 1.82) is 0 Å². The number of hydrogen-bond acceptors (Lipinski definition) is 3. The summed E-state index contributed by atoms with van der Waals surface area (Å²) in [5, 5.41) is 0. The van der Waals surface area contributed by atoms with Gasteiger partial charge in [-0.15, -0.1) is 0 Å². The van der Waals surface area contributed by atoms with Crippen molar-refractivity contribution >= 4 is 28.4 Å². The molecule has 1 amide bonds. The summed E-state index contributed by atoms with van der Waals surface area (Å²) in [4.78, 5) is 23.4. The van der Waals surface area contributed by atoms with E-state index in [2.05, 4.69) is 6.58 Å². The van der Waals surface area contributed by atoms with Gasteiger partial charge in [0.15, 0.2) is 8.24 Å². The van der Waals surface area contributed by atoms with E-state index in [0.29, 0.717) is 0 Å². The summed E-state index contributed by atoms with van der Waals surface area (Å²) in [5.74, 6) is -0.515. The van der Waals surface area contributed by atoms with Gasteiger partial charge < -0.3 is 8.99 Å². The first kappa shape index (κ1) is 16.1. The summed E-state index contributed by atoms with van der Waals surface area (Å²) in [7, 11) is -3.77. The molecule has 0 unspecified atom stereocenters.